The van der Waals surface area contributed by atoms with Crippen LogP contribution >= 0.6 is 0 Å². The van der Waals surface area contributed by atoms with Gasteiger partial charge in [-0.2, -0.15) is 5.26 Å². The summed E-state index contributed by atoms with van der Waals surface area (Å²) in [5, 5.41) is 9.00. The lowest BCUT2D eigenvalue weighted by Gasteiger charge is -2.14. The Labute approximate surface area is 118 Å². The lowest BCUT2D eigenvalue weighted by molar-refractivity contribution is 0.0818. The molecule has 3 heteroatoms. The first-order valence-electron chi connectivity index (χ1n) is 6.38. The number of benzene rings is 2. The van der Waals surface area contributed by atoms with E-state index in [1.807, 2.05) is 19.1 Å². The highest BCUT2D eigenvalue weighted by Crippen LogP contribution is 2.19. The molecule has 0 aromatic heterocycles. The van der Waals surface area contributed by atoms with Crippen LogP contribution in [0.25, 0.3) is 0 Å². The summed E-state index contributed by atoms with van der Waals surface area (Å²) in [7, 11) is 0. The van der Waals surface area contributed by atoms with Gasteiger partial charge in [-0.1, -0.05) is 42.0 Å². The van der Waals surface area contributed by atoms with Crippen molar-refractivity contribution in [3.63, 3.8) is 0 Å². The lowest BCUT2D eigenvalue weighted by Crippen LogP contribution is -2.24. The summed E-state index contributed by atoms with van der Waals surface area (Å²) in [4.78, 5) is 12.3. The smallest absolute Gasteiger partial charge is 0.202 e. The van der Waals surface area contributed by atoms with Gasteiger partial charge in [0.15, 0.2) is 6.10 Å². The third-order valence-electron chi connectivity index (χ3n) is 3.02. The molecule has 2 aromatic carbocycles. The van der Waals surface area contributed by atoms with Gasteiger partial charge in [-0.05, 0) is 26.0 Å². The van der Waals surface area contributed by atoms with Crippen molar-refractivity contribution < 1.29 is 9.53 Å². The van der Waals surface area contributed by atoms with Crippen LogP contribution in [0.5, 0.6) is 5.75 Å². The summed E-state index contributed by atoms with van der Waals surface area (Å²) in [6, 6.07) is 16.3. The molecule has 0 aliphatic rings. The molecule has 0 N–H and O–H groups in total. The zero-order chi connectivity index (χ0) is 14.5. The van der Waals surface area contributed by atoms with E-state index in [1.54, 1.807) is 43.3 Å². The fourth-order valence-corrected chi connectivity index (χ4v) is 1.86. The first-order valence-corrected chi connectivity index (χ1v) is 6.38. The van der Waals surface area contributed by atoms with Crippen molar-refractivity contribution in [1.29, 1.82) is 5.26 Å². The molecule has 0 radical (unpaired) electrons. The van der Waals surface area contributed by atoms with Gasteiger partial charge >= 0.3 is 0 Å². The molecule has 100 valence electrons. The van der Waals surface area contributed by atoms with Crippen molar-refractivity contribution in [3.8, 4) is 11.8 Å². The zero-order valence-electron chi connectivity index (χ0n) is 11.5. The van der Waals surface area contributed by atoms with Crippen LogP contribution in [0.1, 0.15) is 28.4 Å². The number of nitriles is 1. The Bertz CT molecular complexity index is 653. The Morgan fingerprint density at radius 2 is 1.80 bits per heavy atom. The molecule has 2 rings (SSSR count). The average Bonchev–Trinajstić information content (AvgIpc) is 2.48. The summed E-state index contributed by atoms with van der Waals surface area (Å²) < 4.78 is 5.61. The first kappa shape index (κ1) is 13.8. The summed E-state index contributed by atoms with van der Waals surface area (Å²) in [5.41, 5.74) is 2.14. The highest BCUT2D eigenvalue weighted by Gasteiger charge is 2.17. The maximum atomic E-state index is 12.3. The van der Waals surface area contributed by atoms with Crippen LogP contribution in [0.15, 0.2) is 48.5 Å². The molecule has 0 aliphatic carbocycles. The fraction of sp³-hybridized carbons (Fsp3) is 0.176. The molecule has 0 fully saturated rings. The minimum atomic E-state index is -0.632. The molecule has 1 atom stereocenters. The van der Waals surface area contributed by atoms with Gasteiger partial charge in [0.25, 0.3) is 0 Å². The third-order valence-corrected chi connectivity index (χ3v) is 3.02. The summed E-state index contributed by atoms with van der Waals surface area (Å²) in [6.45, 7) is 3.66. The highest BCUT2D eigenvalue weighted by molar-refractivity contribution is 5.99. The number of para-hydroxylation sites is 1. The van der Waals surface area contributed by atoms with Gasteiger partial charge in [-0.15, -0.1) is 0 Å². The Hall–Kier alpha value is -2.60. The number of hydrogen-bond acceptors (Lipinski definition) is 3. The second-order valence-electron chi connectivity index (χ2n) is 4.60. The highest BCUT2D eigenvalue weighted by atomic mass is 16.5. The topological polar surface area (TPSA) is 50.1 Å². The number of ether oxygens (including phenoxy) is 1. The summed E-state index contributed by atoms with van der Waals surface area (Å²) >= 11 is 0. The number of nitrogens with zero attached hydrogens (tertiary/aromatic N) is 1. The predicted octanol–water partition coefficient (Wildman–Crippen LogP) is 3.52. The van der Waals surface area contributed by atoms with E-state index in [1.165, 1.54) is 0 Å². The van der Waals surface area contributed by atoms with Crippen LogP contribution in [0, 0.1) is 18.3 Å². The molecular weight excluding hydrogens is 250 g/mol. The minimum absolute atomic E-state index is 0.0993. The van der Waals surface area contributed by atoms with Gasteiger partial charge in [0.2, 0.25) is 5.78 Å². The Balaban J connectivity index is 2.16. The number of ketones is 1. The zero-order valence-corrected chi connectivity index (χ0v) is 11.5. The average molecular weight is 265 g/mol. The Kier molecular flexibility index (Phi) is 4.17. The standard InChI is InChI=1S/C17H15NO2/c1-12-7-9-14(10-8-12)17(19)13(2)20-16-6-4-3-5-15(16)11-18/h3-10,13H,1-2H3/t13-/m0/s1. The molecule has 0 unspecified atom stereocenters. The fourth-order valence-electron chi connectivity index (χ4n) is 1.86. The van der Waals surface area contributed by atoms with E-state index in [9.17, 15) is 4.79 Å². The molecule has 2 aromatic rings. The van der Waals surface area contributed by atoms with E-state index in [0.29, 0.717) is 16.9 Å². The molecule has 0 saturated heterocycles. The van der Waals surface area contributed by atoms with Gasteiger partial charge < -0.3 is 4.74 Å². The van der Waals surface area contributed by atoms with Gasteiger partial charge in [-0.3, -0.25) is 4.79 Å². The molecule has 0 amide bonds. The van der Waals surface area contributed by atoms with Crippen LogP contribution in [0.3, 0.4) is 0 Å². The van der Waals surface area contributed by atoms with Gasteiger partial charge in [-0.25, -0.2) is 0 Å². The molecule has 0 spiro atoms. The quantitative estimate of drug-likeness (QED) is 0.795. The maximum Gasteiger partial charge on any atom is 0.202 e. The second kappa shape index (κ2) is 6.03. The minimum Gasteiger partial charge on any atom is -0.481 e. The van der Waals surface area contributed by atoms with E-state index in [-0.39, 0.29) is 5.78 Å². The first-order chi connectivity index (χ1) is 9.61. The molecule has 0 heterocycles. The molecule has 0 bridgehead atoms. The monoisotopic (exact) mass is 265 g/mol. The van der Waals surface area contributed by atoms with Gasteiger partial charge in [0, 0.05) is 5.56 Å². The van der Waals surface area contributed by atoms with Crippen LogP contribution in [0.2, 0.25) is 0 Å². The van der Waals surface area contributed by atoms with Crippen molar-refractivity contribution >= 4 is 5.78 Å². The lowest BCUT2D eigenvalue weighted by atomic mass is 10.1. The summed E-state index contributed by atoms with van der Waals surface area (Å²) in [6.07, 6.45) is -0.632. The van der Waals surface area contributed by atoms with Crippen molar-refractivity contribution in [2.45, 2.75) is 20.0 Å². The second-order valence-corrected chi connectivity index (χ2v) is 4.60. The van der Waals surface area contributed by atoms with Crippen LogP contribution in [-0.2, 0) is 0 Å². The van der Waals surface area contributed by atoms with Gasteiger partial charge in [0.1, 0.15) is 11.8 Å². The number of Topliss-reactive ketones (excluding diaryl/α,β-unsaturated/α-hetero) is 1. The normalized spacial score (nSPS) is 11.4. The molecular formula is C17H15NO2. The SMILES string of the molecule is Cc1ccc(C(=O)[C@H](C)Oc2ccccc2C#N)cc1. The maximum absolute atomic E-state index is 12.3. The van der Waals surface area contributed by atoms with Crippen molar-refractivity contribution in [1.82, 2.24) is 0 Å². The largest absolute Gasteiger partial charge is 0.481 e. The molecule has 0 saturated carbocycles. The van der Waals surface area contributed by atoms with E-state index in [0.717, 1.165) is 5.56 Å². The molecule has 3 nitrogen and oxygen atoms in total. The predicted molar refractivity (Wildman–Crippen MR) is 76.8 cm³/mol. The van der Waals surface area contributed by atoms with Gasteiger partial charge in [0.05, 0.1) is 5.56 Å². The number of rotatable bonds is 4. The number of hydrogen-bond donors (Lipinski definition) is 0. The van der Waals surface area contributed by atoms with E-state index in [4.69, 9.17) is 10.00 Å². The van der Waals surface area contributed by atoms with Crippen LogP contribution in [0.4, 0.5) is 0 Å². The molecule has 0 aliphatic heterocycles. The number of carbonyl (C=O) groups is 1. The van der Waals surface area contributed by atoms with Crippen molar-refractivity contribution in [3.05, 3.63) is 65.2 Å². The Morgan fingerprint density at radius 1 is 1.15 bits per heavy atom. The van der Waals surface area contributed by atoms with Crippen molar-refractivity contribution in [2.24, 2.45) is 0 Å². The Morgan fingerprint density at radius 3 is 2.45 bits per heavy atom. The van der Waals surface area contributed by atoms with E-state index >= 15 is 0 Å². The van der Waals surface area contributed by atoms with E-state index in [2.05, 4.69) is 6.07 Å². The summed E-state index contributed by atoms with van der Waals surface area (Å²) in [5.74, 6) is 0.334. The number of carbonyl (C=O) groups excluding carboxylic acids is 1. The van der Waals surface area contributed by atoms with E-state index < -0.39 is 6.10 Å². The van der Waals surface area contributed by atoms with Crippen LogP contribution < -0.4 is 4.74 Å². The van der Waals surface area contributed by atoms with Crippen molar-refractivity contribution in [2.75, 3.05) is 0 Å². The number of aryl methyl sites for hydroxylation is 1. The van der Waals surface area contributed by atoms with Crippen LogP contribution in [-0.4, -0.2) is 11.9 Å². The molecule has 20 heavy (non-hydrogen) atoms. The third kappa shape index (κ3) is 3.04.